The van der Waals surface area contributed by atoms with Gasteiger partial charge in [-0.3, -0.25) is 4.55 Å². The van der Waals surface area contributed by atoms with Crippen molar-refractivity contribution in [3.8, 4) is 5.75 Å². The molecule has 3 aromatic rings. The SMILES string of the molecule is O=S(O)Oc1ccccc1P(c1ccccc1)c1ccccc1. The van der Waals surface area contributed by atoms with Gasteiger partial charge in [-0.05, 0) is 24.6 Å². The van der Waals surface area contributed by atoms with E-state index in [9.17, 15) is 4.21 Å². The van der Waals surface area contributed by atoms with E-state index in [1.165, 1.54) is 0 Å². The van der Waals surface area contributed by atoms with Crippen LogP contribution in [0.25, 0.3) is 0 Å². The monoisotopic (exact) mass is 342 g/mol. The van der Waals surface area contributed by atoms with Crippen molar-refractivity contribution in [1.82, 2.24) is 0 Å². The van der Waals surface area contributed by atoms with E-state index in [4.69, 9.17) is 8.74 Å². The maximum absolute atomic E-state index is 11.1. The van der Waals surface area contributed by atoms with Crippen LogP contribution < -0.4 is 20.1 Å². The molecule has 0 heterocycles. The lowest BCUT2D eigenvalue weighted by Gasteiger charge is -2.21. The van der Waals surface area contributed by atoms with Crippen LogP contribution in [0.5, 0.6) is 5.75 Å². The maximum atomic E-state index is 11.1. The van der Waals surface area contributed by atoms with Crippen molar-refractivity contribution < 1.29 is 12.9 Å². The van der Waals surface area contributed by atoms with Crippen molar-refractivity contribution in [3.05, 3.63) is 84.9 Å². The average Bonchev–Trinajstić information content (AvgIpc) is 2.58. The third kappa shape index (κ3) is 3.85. The predicted octanol–water partition coefficient (Wildman–Crippen LogP) is 2.96. The molecule has 0 radical (unpaired) electrons. The molecule has 3 rings (SSSR count). The normalized spacial score (nSPS) is 12.1. The summed E-state index contributed by atoms with van der Waals surface area (Å²) in [6.07, 6.45) is 0. The molecule has 0 spiro atoms. The zero-order valence-electron chi connectivity index (χ0n) is 12.2. The largest absolute Gasteiger partial charge is 0.379 e. The lowest BCUT2D eigenvalue weighted by molar-refractivity contribution is 0.459. The first-order chi connectivity index (χ1) is 11.3. The molecule has 1 unspecified atom stereocenters. The summed E-state index contributed by atoms with van der Waals surface area (Å²) in [5.74, 6) is 0.437. The lowest BCUT2D eigenvalue weighted by Crippen LogP contribution is -2.22. The van der Waals surface area contributed by atoms with Crippen molar-refractivity contribution in [2.24, 2.45) is 0 Å². The standard InChI is InChI=1S/C18H15O3PS/c19-23(20)21-17-13-7-8-14-18(17)22(15-9-3-1-4-10-15)16-11-5-2-6-12-16/h1-14H,(H,19,20). The van der Waals surface area contributed by atoms with Crippen LogP contribution in [0.4, 0.5) is 0 Å². The summed E-state index contributed by atoms with van der Waals surface area (Å²) < 4.78 is 25.3. The van der Waals surface area contributed by atoms with Gasteiger partial charge in [-0.15, -0.1) is 0 Å². The molecule has 3 aromatic carbocycles. The molecule has 0 aliphatic rings. The fourth-order valence-electron chi connectivity index (χ4n) is 2.37. The van der Waals surface area contributed by atoms with E-state index in [1.807, 2.05) is 48.5 Å². The minimum atomic E-state index is -2.35. The molecule has 0 aliphatic heterocycles. The van der Waals surface area contributed by atoms with Crippen LogP contribution in [-0.2, 0) is 11.4 Å². The Morgan fingerprint density at radius 2 is 1.22 bits per heavy atom. The molecule has 0 amide bonds. The van der Waals surface area contributed by atoms with Gasteiger partial charge in [0.25, 0.3) is 0 Å². The number of para-hydroxylation sites is 1. The maximum Gasteiger partial charge on any atom is 0.357 e. The third-order valence-corrected chi connectivity index (χ3v) is 6.10. The average molecular weight is 342 g/mol. The highest BCUT2D eigenvalue weighted by Crippen LogP contribution is 2.36. The molecule has 0 saturated heterocycles. The number of hydrogen-bond acceptors (Lipinski definition) is 2. The molecule has 5 heteroatoms. The summed E-state index contributed by atoms with van der Waals surface area (Å²) in [6.45, 7) is 0. The second-order valence-electron chi connectivity index (χ2n) is 4.77. The summed E-state index contributed by atoms with van der Waals surface area (Å²) in [5, 5.41) is 3.24. The van der Waals surface area contributed by atoms with Crippen LogP contribution in [0.1, 0.15) is 0 Å². The molecule has 0 bridgehead atoms. The second-order valence-corrected chi connectivity index (χ2v) is 7.56. The Bertz CT molecular complexity index is 754. The molecular formula is C18H15O3PS. The van der Waals surface area contributed by atoms with E-state index < -0.39 is 19.3 Å². The lowest BCUT2D eigenvalue weighted by atomic mass is 10.3. The summed E-state index contributed by atoms with van der Waals surface area (Å²) in [7, 11) is -0.868. The molecule has 0 saturated carbocycles. The molecule has 1 atom stereocenters. The summed E-state index contributed by atoms with van der Waals surface area (Å²) in [6, 6.07) is 27.7. The van der Waals surface area contributed by atoms with Gasteiger partial charge in [-0.1, -0.05) is 78.9 Å². The van der Waals surface area contributed by atoms with Gasteiger partial charge in [-0.2, -0.15) is 4.21 Å². The van der Waals surface area contributed by atoms with Crippen LogP contribution in [0.3, 0.4) is 0 Å². The Hall–Kier alpha value is -2.00. The molecule has 0 aromatic heterocycles. The van der Waals surface area contributed by atoms with Gasteiger partial charge in [0.05, 0.1) is 0 Å². The number of rotatable bonds is 5. The van der Waals surface area contributed by atoms with E-state index in [2.05, 4.69) is 24.3 Å². The molecule has 1 N–H and O–H groups in total. The first-order valence-electron chi connectivity index (χ1n) is 7.04. The molecule has 116 valence electrons. The minimum absolute atomic E-state index is 0.437. The van der Waals surface area contributed by atoms with Crippen LogP contribution in [0.15, 0.2) is 84.9 Å². The molecule has 0 aliphatic carbocycles. The summed E-state index contributed by atoms with van der Waals surface area (Å²) in [5.41, 5.74) is 0. The van der Waals surface area contributed by atoms with Crippen molar-refractivity contribution in [3.63, 3.8) is 0 Å². The molecule has 0 fully saturated rings. The Kier molecular flexibility index (Phi) is 5.19. The van der Waals surface area contributed by atoms with E-state index in [0.29, 0.717) is 5.75 Å². The topological polar surface area (TPSA) is 46.5 Å². The van der Waals surface area contributed by atoms with Gasteiger partial charge in [0, 0.05) is 5.30 Å². The first-order valence-corrected chi connectivity index (χ1v) is 9.41. The molecule has 3 nitrogen and oxygen atoms in total. The van der Waals surface area contributed by atoms with Crippen LogP contribution in [0, 0.1) is 0 Å². The van der Waals surface area contributed by atoms with Gasteiger partial charge >= 0.3 is 11.4 Å². The van der Waals surface area contributed by atoms with Crippen molar-refractivity contribution >= 4 is 35.2 Å². The van der Waals surface area contributed by atoms with E-state index in [-0.39, 0.29) is 0 Å². The Labute approximate surface area is 139 Å². The smallest absolute Gasteiger partial charge is 0.357 e. The minimum Gasteiger partial charge on any atom is -0.379 e. The van der Waals surface area contributed by atoms with Crippen LogP contribution >= 0.6 is 7.92 Å². The van der Waals surface area contributed by atoms with Gasteiger partial charge in [0.15, 0.2) is 5.75 Å². The predicted molar refractivity (Wildman–Crippen MR) is 96.5 cm³/mol. The highest BCUT2D eigenvalue weighted by Gasteiger charge is 2.20. The van der Waals surface area contributed by atoms with Crippen LogP contribution in [-0.4, -0.2) is 8.76 Å². The Morgan fingerprint density at radius 1 is 0.739 bits per heavy atom. The molecule has 23 heavy (non-hydrogen) atoms. The van der Waals surface area contributed by atoms with E-state index >= 15 is 0 Å². The summed E-state index contributed by atoms with van der Waals surface area (Å²) >= 11 is -2.35. The highest BCUT2D eigenvalue weighted by atomic mass is 32.2. The number of benzene rings is 3. The first kappa shape index (κ1) is 15.9. The zero-order chi connectivity index (χ0) is 16.1. The highest BCUT2D eigenvalue weighted by molar-refractivity contribution is 7.80. The Balaban J connectivity index is 2.15. The van der Waals surface area contributed by atoms with Crippen LogP contribution in [0.2, 0.25) is 0 Å². The Morgan fingerprint density at radius 3 is 1.74 bits per heavy atom. The number of hydrogen-bond donors (Lipinski definition) is 1. The zero-order valence-corrected chi connectivity index (χ0v) is 13.9. The summed E-state index contributed by atoms with van der Waals surface area (Å²) in [4.78, 5) is 0. The van der Waals surface area contributed by atoms with Crippen molar-refractivity contribution in [1.29, 1.82) is 0 Å². The quantitative estimate of drug-likeness (QED) is 0.573. The van der Waals surface area contributed by atoms with Gasteiger partial charge in [0.1, 0.15) is 0 Å². The van der Waals surface area contributed by atoms with Crippen molar-refractivity contribution in [2.45, 2.75) is 0 Å². The van der Waals surface area contributed by atoms with Gasteiger partial charge in [0.2, 0.25) is 0 Å². The van der Waals surface area contributed by atoms with E-state index in [1.54, 1.807) is 12.1 Å². The fraction of sp³-hybridized carbons (Fsp3) is 0. The van der Waals surface area contributed by atoms with E-state index in [0.717, 1.165) is 15.9 Å². The van der Waals surface area contributed by atoms with Gasteiger partial charge in [-0.25, -0.2) is 0 Å². The third-order valence-electron chi connectivity index (χ3n) is 3.30. The molecular weight excluding hydrogens is 327 g/mol. The van der Waals surface area contributed by atoms with Gasteiger partial charge < -0.3 is 4.18 Å². The second kappa shape index (κ2) is 7.51. The fourth-order valence-corrected chi connectivity index (χ4v) is 5.10. The van der Waals surface area contributed by atoms with Crippen molar-refractivity contribution in [2.75, 3.05) is 0 Å².